The van der Waals surface area contributed by atoms with Gasteiger partial charge >= 0.3 is 6.18 Å². The van der Waals surface area contributed by atoms with Crippen molar-refractivity contribution in [2.45, 2.75) is 12.3 Å². The van der Waals surface area contributed by atoms with Crippen LogP contribution in [0.1, 0.15) is 0 Å². The molecule has 6 nitrogen and oxygen atoms in total. The number of rotatable bonds is 4. The standard InChI is InChI=1S/C8H7ClF3N3O3/c9-6-1-4(15(17)18)2-7(14-6)13-3-5(16)8(10,11)12/h1-2,5,16H,3H2,(H,13,14). The summed E-state index contributed by atoms with van der Waals surface area (Å²) in [6.45, 7) is -0.881. The van der Waals surface area contributed by atoms with Crippen LogP contribution in [0.2, 0.25) is 5.15 Å². The first kappa shape index (κ1) is 14.5. The van der Waals surface area contributed by atoms with Crippen molar-refractivity contribution in [2.24, 2.45) is 0 Å². The van der Waals surface area contributed by atoms with Crippen LogP contribution in [0.5, 0.6) is 0 Å². The Morgan fingerprint density at radius 1 is 1.56 bits per heavy atom. The molecule has 0 saturated carbocycles. The lowest BCUT2D eigenvalue weighted by Crippen LogP contribution is -2.35. The summed E-state index contributed by atoms with van der Waals surface area (Å²) in [5, 5.41) is 21.1. The fourth-order valence-electron chi connectivity index (χ4n) is 0.996. The minimum atomic E-state index is -4.78. The lowest BCUT2D eigenvalue weighted by atomic mass is 10.3. The first-order chi connectivity index (χ1) is 8.20. The Morgan fingerprint density at radius 2 is 2.17 bits per heavy atom. The van der Waals surface area contributed by atoms with E-state index in [0.29, 0.717) is 0 Å². The zero-order valence-corrected chi connectivity index (χ0v) is 9.37. The number of aliphatic hydroxyl groups excluding tert-OH is 1. The second-order valence-corrected chi connectivity index (χ2v) is 3.62. The van der Waals surface area contributed by atoms with E-state index in [1.54, 1.807) is 0 Å². The van der Waals surface area contributed by atoms with Gasteiger partial charge in [0, 0.05) is 0 Å². The molecular weight excluding hydrogens is 279 g/mol. The van der Waals surface area contributed by atoms with Crippen LogP contribution in [0, 0.1) is 10.1 Å². The summed E-state index contributed by atoms with van der Waals surface area (Å²) >= 11 is 5.46. The number of nitrogens with zero attached hydrogens (tertiary/aromatic N) is 2. The van der Waals surface area contributed by atoms with Gasteiger partial charge in [-0.1, -0.05) is 11.6 Å². The number of aromatic nitrogens is 1. The molecule has 1 atom stereocenters. The largest absolute Gasteiger partial charge is 0.416 e. The van der Waals surface area contributed by atoms with Crippen molar-refractivity contribution in [3.8, 4) is 0 Å². The molecule has 0 spiro atoms. The average molecular weight is 286 g/mol. The summed E-state index contributed by atoms with van der Waals surface area (Å²) in [5.74, 6) is -0.225. The van der Waals surface area contributed by atoms with E-state index in [9.17, 15) is 23.3 Å². The first-order valence-corrected chi connectivity index (χ1v) is 4.88. The van der Waals surface area contributed by atoms with Crippen molar-refractivity contribution in [1.82, 2.24) is 4.98 Å². The molecule has 10 heteroatoms. The Hall–Kier alpha value is -1.61. The van der Waals surface area contributed by atoms with E-state index in [0.717, 1.165) is 12.1 Å². The second-order valence-electron chi connectivity index (χ2n) is 3.23. The normalized spacial score (nSPS) is 13.2. The number of hydrogen-bond acceptors (Lipinski definition) is 5. The first-order valence-electron chi connectivity index (χ1n) is 4.51. The molecule has 100 valence electrons. The number of nitrogens with one attached hydrogen (secondary N) is 1. The Morgan fingerprint density at radius 3 is 2.67 bits per heavy atom. The molecular formula is C8H7ClF3N3O3. The molecule has 0 saturated heterocycles. The molecule has 0 aliphatic rings. The van der Waals surface area contributed by atoms with Crippen molar-refractivity contribution in [1.29, 1.82) is 0 Å². The Bertz CT molecular complexity index is 455. The highest BCUT2D eigenvalue weighted by Crippen LogP contribution is 2.23. The van der Waals surface area contributed by atoms with E-state index in [4.69, 9.17) is 16.7 Å². The number of pyridine rings is 1. The number of anilines is 1. The minimum absolute atomic E-state index is 0.225. The highest BCUT2D eigenvalue weighted by atomic mass is 35.5. The van der Waals surface area contributed by atoms with Crippen molar-refractivity contribution in [3.05, 3.63) is 27.4 Å². The zero-order valence-electron chi connectivity index (χ0n) is 8.61. The molecule has 1 unspecified atom stereocenters. The van der Waals surface area contributed by atoms with E-state index in [2.05, 4.69) is 10.3 Å². The summed E-state index contributed by atoms with van der Waals surface area (Å²) in [5.41, 5.74) is -0.418. The summed E-state index contributed by atoms with van der Waals surface area (Å²) in [6, 6.07) is 1.86. The number of nitro groups is 1. The van der Waals surface area contributed by atoms with Gasteiger partial charge in [-0.25, -0.2) is 4.98 Å². The molecule has 0 amide bonds. The quantitative estimate of drug-likeness (QED) is 0.502. The SMILES string of the molecule is O=[N+]([O-])c1cc(Cl)nc(NCC(O)C(F)(F)F)c1. The van der Waals surface area contributed by atoms with Crippen LogP contribution in [-0.2, 0) is 0 Å². The Kier molecular flexibility index (Phi) is 4.30. The van der Waals surface area contributed by atoms with Crippen molar-refractivity contribution < 1.29 is 23.2 Å². The molecule has 1 aromatic rings. The molecule has 0 aliphatic carbocycles. The van der Waals surface area contributed by atoms with Crippen LogP contribution >= 0.6 is 11.6 Å². The molecule has 1 aromatic heterocycles. The second kappa shape index (κ2) is 5.36. The maximum absolute atomic E-state index is 12.0. The van der Waals surface area contributed by atoms with Gasteiger partial charge in [0.1, 0.15) is 11.0 Å². The lowest BCUT2D eigenvalue weighted by molar-refractivity contribution is -0.384. The predicted octanol–water partition coefficient (Wildman–Crippen LogP) is 1.98. The van der Waals surface area contributed by atoms with Crippen LogP contribution in [-0.4, -0.2) is 33.8 Å². The fraction of sp³-hybridized carbons (Fsp3) is 0.375. The smallest absolute Gasteiger partial charge is 0.382 e. The van der Waals surface area contributed by atoms with Gasteiger partial charge in [-0.2, -0.15) is 13.2 Å². The lowest BCUT2D eigenvalue weighted by Gasteiger charge is -2.15. The van der Waals surface area contributed by atoms with Crippen LogP contribution in [0.25, 0.3) is 0 Å². The molecule has 0 fully saturated rings. The molecule has 1 heterocycles. The summed E-state index contributed by atoms with van der Waals surface area (Å²) in [7, 11) is 0. The van der Waals surface area contributed by atoms with Crippen molar-refractivity contribution >= 4 is 23.1 Å². The molecule has 18 heavy (non-hydrogen) atoms. The Labute approximate surface area is 104 Å². The van der Waals surface area contributed by atoms with Gasteiger partial charge in [0.25, 0.3) is 5.69 Å². The predicted molar refractivity (Wildman–Crippen MR) is 56.5 cm³/mol. The highest BCUT2D eigenvalue weighted by Gasteiger charge is 2.37. The average Bonchev–Trinajstić information content (AvgIpc) is 2.23. The fourth-order valence-corrected chi connectivity index (χ4v) is 1.20. The van der Waals surface area contributed by atoms with Gasteiger partial charge in [-0.05, 0) is 0 Å². The van der Waals surface area contributed by atoms with E-state index >= 15 is 0 Å². The number of alkyl halides is 3. The highest BCUT2D eigenvalue weighted by molar-refractivity contribution is 6.29. The van der Waals surface area contributed by atoms with Crippen molar-refractivity contribution in [3.63, 3.8) is 0 Å². The number of hydrogen-bond donors (Lipinski definition) is 2. The summed E-state index contributed by atoms with van der Waals surface area (Å²) in [6.07, 6.45) is -7.38. The molecule has 2 N–H and O–H groups in total. The van der Waals surface area contributed by atoms with E-state index < -0.39 is 29.4 Å². The van der Waals surface area contributed by atoms with Crippen LogP contribution in [0.4, 0.5) is 24.7 Å². The van der Waals surface area contributed by atoms with Gasteiger partial charge in [-0.3, -0.25) is 10.1 Å². The van der Waals surface area contributed by atoms with Gasteiger partial charge in [0.2, 0.25) is 0 Å². The molecule has 0 aliphatic heterocycles. The number of halogens is 4. The van der Waals surface area contributed by atoms with Gasteiger partial charge in [-0.15, -0.1) is 0 Å². The van der Waals surface area contributed by atoms with Gasteiger partial charge in [0.05, 0.1) is 23.6 Å². The zero-order chi connectivity index (χ0) is 13.9. The Balaban J connectivity index is 2.77. The maximum atomic E-state index is 12.0. The van der Waals surface area contributed by atoms with E-state index in [1.807, 2.05) is 0 Å². The number of aliphatic hydroxyl groups is 1. The van der Waals surface area contributed by atoms with E-state index in [-0.39, 0.29) is 11.0 Å². The van der Waals surface area contributed by atoms with Crippen molar-refractivity contribution in [2.75, 3.05) is 11.9 Å². The van der Waals surface area contributed by atoms with Crippen LogP contribution in [0.3, 0.4) is 0 Å². The third-order valence-electron chi connectivity index (χ3n) is 1.84. The van der Waals surface area contributed by atoms with Crippen LogP contribution in [0.15, 0.2) is 12.1 Å². The van der Waals surface area contributed by atoms with Gasteiger partial charge < -0.3 is 10.4 Å². The molecule has 0 bridgehead atoms. The minimum Gasteiger partial charge on any atom is -0.382 e. The molecule has 0 radical (unpaired) electrons. The van der Waals surface area contributed by atoms with Gasteiger partial charge in [0.15, 0.2) is 6.10 Å². The maximum Gasteiger partial charge on any atom is 0.416 e. The molecule has 0 aromatic carbocycles. The summed E-state index contributed by atoms with van der Waals surface area (Å²) in [4.78, 5) is 13.2. The monoisotopic (exact) mass is 285 g/mol. The third-order valence-corrected chi connectivity index (χ3v) is 2.04. The molecule has 1 rings (SSSR count). The summed E-state index contributed by atoms with van der Waals surface area (Å²) < 4.78 is 36.0. The van der Waals surface area contributed by atoms with E-state index in [1.165, 1.54) is 0 Å². The topological polar surface area (TPSA) is 88.3 Å². The third kappa shape index (κ3) is 4.00. The van der Waals surface area contributed by atoms with Crippen LogP contribution < -0.4 is 5.32 Å².